The Hall–Kier alpha value is -0.930. The van der Waals surface area contributed by atoms with E-state index < -0.39 is 0 Å². The molecule has 1 aliphatic carbocycles. The fraction of sp³-hybridized carbons (Fsp3) is 0.600. The minimum atomic E-state index is -0.383. The third kappa shape index (κ3) is 2.29. The van der Waals surface area contributed by atoms with Gasteiger partial charge < -0.3 is 9.47 Å². The molecular formula is C15H19FO2. The molecule has 18 heavy (non-hydrogen) atoms. The monoisotopic (exact) mass is 250 g/mol. The largest absolute Gasteiger partial charge is 0.346 e. The predicted octanol–water partition coefficient (Wildman–Crippen LogP) is 3.77. The molecule has 0 bridgehead atoms. The fourth-order valence-corrected chi connectivity index (χ4v) is 2.47. The summed E-state index contributed by atoms with van der Waals surface area (Å²) >= 11 is 0. The van der Waals surface area contributed by atoms with Gasteiger partial charge in [0.05, 0.1) is 12.7 Å². The minimum Gasteiger partial charge on any atom is -0.346 e. The summed E-state index contributed by atoms with van der Waals surface area (Å²) < 4.78 is 25.4. The molecule has 1 saturated carbocycles. The maximum atomic E-state index is 13.9. The molecule has 98 valence electrons. The maximum Gasteiger partial charge on any atom is 0.184 e. The maximum absolute atomic E-state index is 13.9. The van der Waals surface area contributed by atoms with Crippen molar-refractivity contribution in [2.24, 2.45) is 5.92 Å². The molecule has 1 saturated heterocycles. The molecule has 0 amide bonds. The van der Waals surface area contributed by atoms with E-state index in [0.29, 0.717) is 12.5 Å². The molecule has 0 radical (unpaired) electrons. The van der Waals surface area contributed by atoms with Crippen LogP contribution in [0.5, 0.6) is 0 Å². The van der Waals surface area contributed by atoms with Crippen molar-refractivity contribution < 1.29 is 13.9 Å². The lowest BCUT2D eigenvalue weighted by Gasteiger charge is -2.13. The molecule has 2 fully saturated rings. The van der Waals surface area contributed by atoms with E-state index in [2.05, 4.69) is 0 Å². The van der Waals surface area contributed by atoms with E-state index in [9.17, 15) is 4.39 Å². The van der Waals surface area contributed by atoms with E-state index in [1.54, 1.807) is 6.07 Å². The van der Waals surface area contributed by atoms with Crippen LogP contribution in [0.25, 0.3) is 0 Å². The van der Waals surface area contributed by atoms with Crippen molar-refractivity contribution in [1.29, 1.82) is 0 Å². The van der Waals surface area contributed by atoms with E-state index in [1.807, 2.05) is 26.0 Å². The minimum absolute atomic E-state index is 0.162. The van der Waals surface area contributed by atoms with Gasteiger partial charge in [0.2, 0.25) is 0 Å². The zero-order valence-electron chi connectivity index (χ0n) is 10.9. The van der Waals surface area contributed by atoms with Gasteiger partial charge in [-0.2, -0.15) is 0 Å². The van der Waals surface area contributed by atoms with Gasteiger partial charge in [-0.15, -0.1) is 0 Å². The average molecular weight is 250 g/mol. The van der Waals surface area contributed by atoms with E-state index >= 15 is 0 Å². The van der Waals surface area contributed by atoms with Crippen molar-refractivity contribution in [2.45, 2.75) is 45.0 Å². The molecule has 1 aliphatic heterocycles. The fourth-order valence-electron chi connectivity index (χ4n) is 2.47. The molecule has 0 N–H and O–H groups in total. The molecule has 3 heteroatoms. The molecule has 1 aromatic carbocycles. The third-order valence-corrected chi connectivity index (χ3v) is 3.78. The number of rotatable bonds is 3. The van der Waals surface area contributed by atoms with E-state index in [1.165, 1.54) is 12.8 Å². The Balaban J connectivity index is 1.74. The third-order valence-electron chi connectivity index (χ3n) is 3.78. The number of benzene rings is 1. The Morgan fingerprint density at radius 2 is 2.06 bits per heavy atom. The van der Waals surface area contributed by atoms with Crippen molar-refractivity contribution in [2.75, 3.05) is 6.61 Å². The quantitative estimate of drug-likeness (QED) is 0.813. The van der Waals surface area contributed by atoms with Gasteiger partial charge in [-0.25, -0.2) is 4.39 Å². The Bertz CT molecular complexity index is 440. The van der Waals surface area contributed by atoms with Gasteiger partial charge in [0, 0.05) is 5.56 Å². The summed E-state index contributed by atoms with van der Waals surface area (Å²) in [5.41, 5.74) is 1.54. The van der Waals surface area contributed by atoms with Crippen LogP contribution < -0.4 is 0 Å². The topological polar surface area (TPSA) is 18.5 Å². The van der Waals surface area contributed by atoms with Crippen LogP contribution in [-0.2, 0) is 9.47 Å². The number of ether oxygens (including phenoxy) is 2. The normalized spacial score (nSPS) is 28.0. The van der Waals surface area contributed by atoms with Crippen molar-refractivity contribution in [3.8, 4) is 0 Å². The van der Waals surface area contributed by atoms with Crippen molar-refractivity contribution >= 4 is 0 Å². The Morgan fingerprint density at radius 3 is 2.67 bits per heavy atom. The van der Waals surface area contributed by atoms with Gasteiger partial charge in [0.1, 0.15) is 5.82 Å². The van der Waals surface area contributed by atoms with Crippen molar-refractivity contribution in [3.05, 3.63) is 35.1 Å². The second kappa shape index (κ2) is 4.63. The highest BCUT2D eigenvalue weighted by molar-refractivity contribution is 5.27. The van der Waals surface area contributed by atoms with Gasteiger partial charge in [-0.05, 0) is 36.3 Å². The van der Waals surface area contributed by atoms with Crippen LogP contribution in [-0.4, -0.2) is 12.7 Å². The molecule has 2 aliphatic rings. The summed E-state index contributed by atoms with van der Waals surface area (Å²) in [6, 6.07) is 5.31. The van der Waals surface area contributed by atoms with Gasteiger partial charge in [0.25, 0.3) is 0 Å². The lowest BCUT2D eigenvalue weighted by molar-refractivity contribution is -0.0635. The average Bonchev–Trinajstić information content (AvgIpc) is 3.06. The van der Waals surface area contributed by atoms with Crippen LogP contribution in [0.15, 0.2) is 18.2 Å². The molecule has 1 heterocycles. The molecule has 2 unspecified atom stereocenters. The van der Waals surface area contributed by atoms with Crippen LogP contribution in [0.1, 0.15) is 50.0 Å². The van der Waals surface area contributed by atoms with E-state index in [4.69, 9.17) is 9.47 Å². The number of hydrogen-bond donors (Lipinski definition) is 0. The standard InChI is InChI=1S/C15H19FO2/c1-9(2)12-6-5-11(7-13(12)16)15-17-8-14(18-15)10-3-4-10/h5-7,9-10,14-15H,3-4,8H2,1-2H3. The molecule has 0 aromatic heterocycles. The van der Waals surface area contributed by atoms with Gasteiger partial charge in [-0.1, -0.05) is 26.0 Å². The van der Waals surface area contributed by atoms with Crippen molar-refractivity contribution in [3.63, 3.8) is 0 Å². The summed E-state index contributed by atoms with van der Waals surface area (Å²) in [6.45, 7) is 4.62. The van der Waals surface area contributed by atoms with Gasteiger partial charge >= 0.3 is 0 Å². The first-order valence-corrected chi connectivity index (χ1v) is 6.71. The molecule has 2 atom stereocenters. The lowest BCUT2D eigenvalue weighted by Crippen LogP contribution is -2.11. The predicted molar refractivity (Wildman–Crippen MR) is 66.8 cm³/mol. The van der Waals surface area contributed by atoms with E-state index in [-0.39, 0.29) is 24.1 Å². The first-order chi connectivity index (χ1) is 8.65. The first kappa shape index (κ1) is 12.1. The second-order valence-corrected chi connectivity index (χ2v) is 5.61. The second-order valence-electron chi connectivity index (χ2n) is 5.61. The molecule has 2 nitrogen and oxygen atoms in total. The van der Waals surface area contributed by atoms with Crippen LogP contribution in [0, 0.1) is 11.7 Å². The summed E-state index contributed by atoms with van der Waals surface area (Å²) in [5, 5.41) is 0. The van der Waals surface area contributed by atoms with Gasteiger partial charge in [-0.3, -0.25) is 0 Å². The molecule has 1 aromatic rings. The summed E-state index contributed by atoms with van der Waals surface area (Å²) in [4.78, 5) is 0. The van der Waals surface area contributed by atoms with Crippen LogP contribution >= 0.6 is 0 Å². The summed E-state index contributed by atoms with van der Waals surface area (Å²) in [7, 11) is 0. The zero-order chi connectivity index (χ0) is 12.7. The van der Waals surface area contributed by atoms with Crippen LogP contribution in [0.3, 0.4) is 0 Å². The summed E-state index contributed by atoms with van der Waals surface area (Å²) in [6.07, 6.45) is 2.30. The van der Waals surface area contributed by atoms with Gasteiger partial charge in [0.15, 0.2) is 6.29 Å². The molecular weight excluding hydrogens is 231 g/mol. The SMILES string of the molecule is CC(C)c1ccc(C2OCC(C3CC3)O2)cc1F. The molecule has 3 rings (SSSR count). The Kier molecular flexibility index (Phi) is 3.12. The highest BCUT2D eigenvalue weighted by Crippen LogP contribution is 2.41. The first-order valence-electron chi connectivity index (χ1n) is 6.71. The smallest absolute Gasteiger partial charge is 0.184 e. The van der Waals surface area contributed by atoms with Crippen LogP contribution in [0.2, 0.25) is 0 Å². The molecule has 0 spiro atoms. The lowest BCUT2D eigenvalue weighted by atomic mass is 10.0. The Morgan fingerprint density at radius 1 is 1.28 bits per heavy atom. The highest BCUT2D eigenvalue weighted by atomic mass is 19.1. The summed E-state index contributed by atoms with van der Waals surface area (Å²) in [5.74, 6) is 0.697. The van der Waals surface area contributed by atoms with E-state index in [0.717, 1.165) is 11.1 Å². The zero-order valence-corrected chi connectivity index (χ0v) is 10.9. The Labute approximate surface area is 107 Å². The number of hydrogen-bond acceptors (Lipinski definition) is 2. The highest BCUT2D eigenvalue weighted by Gasteiger charge is 2.39. The number of halogens is 1. The van der Waals surface area contributed by atoms with Crippen LogP contribution in [0.4, 0.5) is 4.39 Å². The van der Waals surface area contributed by atoms with Crippen molar-refractivity contribution in [1.82, 2.24) is 0 Å².